The predicted molar refractivity (Wildman–Crippen MR) is 144 cm³/mol. The van der Waals surface area contributed by atoms with Crippen molar-refractivity contribution in [2.24, 2.45) is 0 Å². The average Bonchev–Trinajstić information content (AvgIpc) is 3.49. The Kier molecular flexibility index (Phi) is 9.38. The summed E-state index contributed by atoms with van der Waals surface area (Å²) in [6.45, 7) is 3.65. The second-order valence-electron chi connectivity index (χ2n) is 10.3. The van der Waals surface area contributed by atoms with Crippen molar-refractivity contribution < 1.29 is 45.8 Å². The van der Waals surface area contributed by atoms with E-state index < -0.39 is 53.1 Å². The van der Waals surface area contributed by atoms with Crippen LogP contribution in [0.1, 0.15) is 81.9 Å². The highest BCUT2D eigenvalue weighted by atomic mass is 19.4. The molecule has 0 fully saturated rings. The normalized spacial score (nSPS) is 15.8. The smallest absolute Gasteiger partial charge is 0.436 e. The lowest BCUT2D eigenvalue weighted by molar-refractivity contribution is -0.142. The van der Waals surface area contributed by atoms with Crippen LogP contribution in [0.25, 0.3) is 0 Å². The fraction of sp³-hybridized carbons (Fsp3) is 0.414. The Morgan fingerprint density at radius 1 is 1.09 bits per heavy atom. The maximum Gasteiger partial charge on any atom is 0.436 e. The number of ether oxygens (including phenoxy) is 1. The number of carbonyl (C=O) groups is 2. The number of benzene rings is 2. The molecule has 0 saturated carbocycles. The molecule has 2 aromatic carbocycles. The Hall–Kier alpha value is -4.07. The minimum atomic E-state index is -5.02. The van der Waals surface area contributed by atoms with Crippen molar-refractivity contribution in [3.05, 3.63) is 82.0 Å². The van der Waals surface area contributed by atoms with Crippen molar-refractivity contribution in [2.45, 2.75) is 57.7 Å². The van der Waals surface area contributed by atoms with Gasteiger partial charge in [-0.05, 0) is 48.7 Å². The van der Waals surface area contributed by atoms with E-state index in [4.69, 9.17) is 9.84 Å². The second kappa shape index (κ2) is 12.7. The summed E-state index contributed by atoms with van der Waals surface area (Å²) in [6, 6.07) is 8.37. The molecule has 8 nitrogen and oxygen atoms in total. The molecule has 0 spiro atoms. The van der Waals surface area contributed by atoms with Crippen LogP contribution in [0, 0.1) is 0 Å². The van der Waals surface area contributed by atoms with E-state index in [2.05, 4.69) is 10.4 Å². The van der Waals surface area contributed by atoms with Crippen LogP contribution in [0.5, 0.6) is 0 Å². The zero-order valence-corrected chi connectivity index (χ0v) is 23.3. The predicted octanol–water partition coefficient (Wildman–Crippen LogP) is 6.49. The van der Waals surface area contributed by atoms with E-state index in [-0.39, 0.29) is 36.6 Å². The number of unbranched alkanes of at least 4 members (excludes halogenated alkanes) is 1. The quantitative estimate of drug-likeness (QED) is 0.190. The van der Waals surface area contributed by atoms with Gasteiger partial charge in [-0.25, -0.2) is 9.48 Å². The first-order valence-electron chi connectivity index (χ1n) is 13.5. The van der Waals surface area contributed by atoms with Gasteiger partial charge in [-0.2, -0.15) is 31.4 Å². The number of anilines is 1. The first-order chi connectivity index (χ1) is 20.2. The molecule has 0 unspecified atom stereocenters. The summed E-state index contributed by atoms with van der Waals surface area (Å²) in [7, 11) is 0. The number of aromatic carboxylic acids is 1. The SMILES string of the molecule is CCCCOC[C@@H]1CN(Cc2cccc(C(F)(F)F)c2)c2c(C(=O)N[C@@H](C)c3ccc(C(=O)O)cc3)c(C(F)(F)F)nn21. The highest BCUT2D eigenvalue weighted by Gasteiger charge is 2.46. The van der Waals surface area contributed by atoms with Crippen molar-refractivity contribution in [3.63, 3.8) is 0 Å². The number of hydrogen-bond donors (Lipinski definition) is 2. The summed E-state index contributed by atoms with van der Waals surface area (Å²) in [4.78, 5) is 26.1. The topological polar surface area (TPSA) is 96.7 Å². The number of fused-ring (bicyclic) bond motifs is 1. The number of nitrogens with zero attached hydrogens (tertiary/aromatic N) is 3. The number of aromatic nitrogens is 2. The number of carboxylic acid groups (broad SMARTS) is 1. The number of alkyl halides is 6. The molecule has 2 heterocycles. The number of amides is 1. The zero-order chi connectivity index (χ0) is 31.5. The molecule has 4 rings (SSSR count). The summed E-state index contributed by atoms with van der Waals surface area (Å²) in [5.41, 5.74) is -2.48. The van der Waals surface area contributed by atoms with Gasteiger partial charge in [0, 0.05) is 19.7 Å². The Labute approximate surface area is 243 Å². The molecule has 1 aromatic heterocycles. The summed E-state index contributed by atoms with van der Waals surface area (Å²) in [6.07, 6.45) is -8.09. The van der Waals surface area contributed by atoms with Crippen LogP contribution in [-0.2, 0) is 23.6 Å². The molecule has 0 radical (unpaired) electrons. The van der Waals surface area contributed by atoms with Gasteiger partial charge in [-0.15, -0.1) is 0 Å². The minimum absolute atomic E-state index is 0.00600. The number of rotatable bonds is 11. The molecule has 3 aromatic rings. The summed E-state index contributed by atoms with van der Waals surface area (Å²) < 4.78 is 89.6. The number of hydrogen-bond acceptors (Lipinski definition) is 5. The van der Waals surface area contributed by atoms with Crippen LogP contribution >= 0.6 is 0 Å². The molecule has 1 aliphatic heterocycles. The van der Waals surface area contributed by atoms with Gasteiger partial charge in [-0.3, -0.25) is 4.79 Å². The van der Waals surface area contributed by atoms with Crippen LogP contribution in [0.2, 0.25) is 0 Å². The fourth-order valence-corrected chi connectivity index (χ4v) is 4.87. The van der Waals surface area contributed by atoms with Gasteiger partial charge in [0.1, 0.15) is 11.4 Å². The van der Waals surface area contributed by atoms with E-state index in [0.717, 1.165) is 29.7 Å². The van der Waals surface area contributed by atoms with Gasteiger partial charge < -0.3 is 20.1 Å². The second-order valence-corrected chi connectivity index (χ2v) is 10.3. The molecule has 1 amide bonds. The van der Waals surface area contributed by atoms with Crippen LogP contribution in [0.3, 0.4) is 0 Å². The number of carboxylic acids is 1. The lowest BCUT2D eigenvalue weighted by atomic mass is 10.1. The Morgan fingerprint density at radius 2 is 1.79 bits per heavy atom. The van der Waals surface area contributed by atoms with Crippen molar-refractivity contribution in [3.8, 4) is 0 Å². The highest BCUT2D eigenvalue weighted by molar-refractivity contribution is 6.01. The molecule has 2 N–H and O–H groups in total. The van der Waals surface area contributed by atoms with Crippen LogP contribution in [0.15, 0.2) is 48.5 Å². The van der Waals surface area contributed by atoms with Crippen LogP contribution in [0.4, 0.5) is 32.2 Å². The molecule has 14 heteroatoms. The summed E-state index contributed by atoms with van der Waals surface area (Å²) in [5, 5.41) is 15.4. The molecule has 0 bridgehead atoms. The third kappa shape index (κ3) is 7.29. The number of carbonyl (C=O) groups excluding carboxylic acids is 1. The van der Waals surface area contributed by atoms with Gasteiger partial charge in [0.25, 0.3) is 5.91 Å². The van der Waals surface area contributed by atoms with Crippen LogP contribution < -0.4 is 10.2 Å². The molecule has 0 aliphatic carbocycles. The van der Waals surface area contributed by atoms with E-state index in [1.807, 2.05) is 6.92 Å². The van der Waals surface area contributed by atoms with E-state index in [1.165, 1.54) is 48.2 Å². The van der Waals surface area contributed by atoms with E-state index in [0.29, 0.717) is 12.2 Å². The molecule has 232 valence electrons. The monoisotopic (exact) mass is 612 g/mol. The Balaban J connectivity index is 1.72. The maximum atomic E-state index is 14.3. The van der Waals surface area contributed by atoms with Crippen molar-refractivity contribution in [2.75, 3.05) is 24.7 Å². The first kappa shape index (κ1) is 31.9. The van der Waals surface area contributed by atoms with E-state index in [9.17, 15) is 35.9 Å². The maximum absolute atomic E-state index is 14.3. The molecule has 2 atom stereocenters. The third-order valence-corrected chi connectivity index (χ3v) is 7.04. The van der Waals surface area contributed by atoms with Gasteiger partial charge >= 0.3 is 18.3 Å². The molecular weight excluding hydrogens is 582 g/mol. The lowest BCUT2D eigenvalue weighted by Gasteiger charge is -2.22. The lowest BCUT2D eigenvalue weighted by Crippen LogP contribution is -2.31. The first-order valence-corrected chi connectivity index (χ1v) is 13.5. The van der Waals surface area contributed by atoms with Crippen molar-refractivity contribution >= 4 is 17.7 Å². The van der Waals surface area contributed by atoms with Crippen molar-refractivity contribution in [1.29, 1.82) is 0 Å². The molecular formula is C29H30F6N4O4. The Morgan fingerprint density at radius 3 is 2.40 bits per heavy atom. The van der Waals surface area contributed by atoms with E-state index in [1.54, 1.807) is 0 Å². The van der Waals surface area contributed by atoms with Crippen LogP contribution in [-0.4, -0.2) is 46.5 Å². The van der Waals surface area contributed by atoms with Gasteiger partial charge in [0.05, 0.1) is 29.8 Å². The van der Waals surface area contributed by atoms with Gasteiger partial charge in [-0.1, -0.05) is 37.6 Å². The van der Waals surface area contributed by atoms with Gasteiger partial charge in [0.2, 0.25) is 0 Å². The standard InChI is InChI=1S/C29H30F6N4O4/c1-3-4-12-43-16-22-15-38(14-18-6-5-7-21(13-18)28(30,31)32)26-23(24(29(33,34)35)37-39(22)26)25(40)36-17(2)19-8-10-20(11-9-19)27(41)42/h5-11,13,17,22H,3-4,12,14-16H2,1-2H3,(H,36,40)(H,41,42)/t17-,22-/m0/s1. The number of halogens is 6. The summed E-state index contributed by atoms with van der Waals surface area (Å²) in [5.74, 6) is -2.44. The van der Waals surface area contributed by atoms with E-state index >= 15 is 0 Å². The summed E-state index contributed by atoms with van der Waals surface area (Å²) >= 11 is 0. The minimum Gasteiger partial charge on any atom is -0.478 e. The fourth-order valence-electron chi connectivity index (χ4n) is 4.87. The molecule has 0 saturated heterocycles. The molecule has 43 heavy (non-hydrogen) atoms. The zero-order valence-electron chi connectivity index (χ0n) is 23.3. The largest absolute Gasteiger partial charge is 0.478 e. The average molecular weight is 613 g/mol. The third-order valence-electron chi connectivity index (χ3n) is 7.04. The highest BCUT2D eigenvalue weighted by Crippen LogP contribution is 2.42. The molecule has 1 aliphatic rings. The Bertz CT molecular complexity index is 1450. The number of nitrogens with one attached hydrogen (secondary N) is 1. The van der Waals surface area contributed by atoms with Gasteiger partial charge in [0.15, 0.2) is 5.69 Å². The van der Waals surface area contributed by atoms with Crippen molar-refractivity contribution in [1.82, 2.24) is 15.1 Å².